The second-order valence-electron chi connectivity index (χ2n) is 5.40. The predicted molar refractivity (Wildman–Crippen MR) is 87.9 cm³/mol. The van der Waals surface area contributed by atoms with Crippen molar-refractivity contribution < 1.29 is 8.42 Å². The van der Waals surface area contributed by atoms with Crippen LogP contribution in [0.15, 0.2) is 23.1 Å². The van der Waals surface area contributed by atoms with Crippen molar-refractivity contribution in [3.05, 3.63) is 29.3 Å². The van der Waals surface area contributed by atoms with E-state index in [2.05, 4.69) is 12.2 Å². The Bertz CT molecular complexity index is 541. The molecule has 1 N–H and O–H groups in total. The zero-order valence-electron chi connectivity index (χ0n) is 13.6. The van der Waals surface area contributed by atoms with Crippen LogP contribution in [0.3, 0.4) is 0 Å². The van der Waals surface area contributed by atoms with Gasteiger partial charge < -0.3 is 5.32 Å². The van der Waals surface area contributed by atoms with Crippen LogP contribution in [0, 0.1) is 6.92 Å². The maximum absolute atomic E-state index is 12.6. The molecule has 21 heavy (non-hydrogen) atoms. The average molecular weight is 312 g/mol. The molecule has 5 heteroatoms. The largest absolute Gasteiger partial charge is 0.313 e. The first kappa shape index (κ1) is 18.1. The molecule has 0 aliphatic rings. The number of nitrogens with zero attached hydrogens (tertiary/aromatic N) is 1. The van der Waals surface area contributed by atoms with Gasteiger partial charge in [0.2, 0.25) is 10.0 Å². The van der Waals surface area contributed by atoms with E-state index in [1.54, 1.807) is 19.2 Å². The molecular formula is C16H28N2O2S. The number of benzene rings is 1. The molecule has 0 saturated carbocycles. The lowest BCUT2D eigenvalue weighted by Gasteiger charge is -2.18. The monoisotopic (exact) mass is 312 g/mol. The second-order valence-corrected chi connectivity index (χ2v) is 7.45. The van der Waals surface area contributed by atoms with E-state index in [0.29, 0.717) is 18.0 Å². The summed E-state index contributed by atoms with van der Waals surface area (Å²) in [6.45, 7) is 8.30. The minimum atomic E-state index is -3.38. The van der Waals surface area contributed by atoms with Crippen LogP contribution in [0.2, 0.25) is 0 Å². The van der Waals surface area contributed by atoms with E-state index >= 15 is 0 Å². The third-order valence-electron chi connectivity index (χ3n) is 3.67. The standard InChI is InChI=1S/C16H28N2O2S/c1-5-7-8-11-18(4)21(19,20)16-10-9-14(3)15(12-16)13-17-6-2/h9-10,12,17H,5-8,11,13H2,1-4H3. The Kier molecular flexibility index (Phi) is 7.35. The molecule has 0 atom stereocenters. The molecule has 0 saturated heterocycles. The Balaban J connectivity index is 2.92. The summed E-state index contributed by atoms with van der Waals surface area (Å²) in [4.78, 5) is 0.389. The first-order valence-corrected chi connectivity index (χ1v) is 9.14. The molecule has 0 amide bonds. The van der Waals surface area contributed by atoms with Crippen LogP contribution in [0.5, 0.6) is 0 Å². The SMILES string of the molecule is CCCCCN(C)S(=O)(=O)c1ccc(C)c(CNCC)c1. The summed E-state index contributed by atoms with van der Waals surface area (Å²) in [6, 6.07) is 5.39. The third-order valence-corrected chi connectivity index (χ3v) is 5.52. The molecule has 4 nitrogen and oxygen atoms in total. The van der Waals surface area contributed by atoms with E-state index in [1.165, 1.54) is 4.31 Å². The van der Waals surface area contributed by atoms with Crippen molar-refractivity contribution in [3.8, 4) is 0 Å². The summed E-state index contributed by atoms with van der Waals surface area (Å²) in [5, 5.41) is 3.25. The number of rotatable bonds is 9. The zero-order chi connectivity index (χ0) is 15.9. The topological polar surface area (TPSA) is 49.4 Å². The van der Waals surface area contributed by atoms with Gasteiger partial charge in [0.1, 0.15) is 0 Å². The van der Waals surface area contributed by atoms with E-state index in [0.717, 1.165) is 36.9 Å². The van der Waals surface area contributed by atoms with Gasteiger partial charge in [-0.3, -0.25) is 0 Å². The van der Waals surface area contributed by atoms with E-state index < -0.39 is 10.0 Å². The van der Waals surface area contributed by atoms with E-state index in [1.807, 2.05) is 19.9 Å². The Morgan fingerprint density at radius 1 is 1.19 bits per heavy atom. The lowest BCUT2D eigenvalue weighted by atomic mass is 10.1. The van der Waals surface area contributed by atoms with Gasteiger partial charge in [0.05, 0.1) is 4.90 Å². The van der Waals surface area contributed by atoms with Gasteiger partial charge in [-0.25, -0.2) is 12.7 Å². The van der Waals surface area contributed by atoms with Crippen molar-refractivity contribution in [1.29, 1.82) is 0 Å². The van der Waals surface area contributed by atoms with Gasteiger partial charge >= 0.3 is 0 Å². The molecule has 0 spiro atoms. The van der Waals surface area contributed by atoms with Crippen LogP contribution in [-0.4, -0.2) is 32.9 Å². The lowest BCUT2D eigenvalue weighted by Crippen LogP contribution is -2.28. The van der Waals surface area contributed by atoms with Crippen LogP contribution < -0.4 is 5.32 Å². The zero-order valence-corrected chi connectivity index (χ0v) is 14.5. The molecule has 0 aliphatic heterocycles. The van der Waals surface area contributed by atoms with Gasteiger partial charge in [-0.05, 0) is 43.1 Å². The molecule has 120 valence electrons. The molecule has 0 bridgehead atoms. The van der Waals surface area contributed by atoms with Crippen molar-refractivity contribution in [1.82, 2.24) is 9.62 Å². The Morgan fingerprint density at radius 3 is 2.52 bits per heavy atom. The summed E-state index contributed by atoms with van der Waals surface area (Å²) < 4.78 is 26.6. The van der Waals surface area contributed by atoms with Gasteiger partial charge in [0.25, 0.3) is 0 Å². The molecule has 1 aromatic rings. The average Bonchev–Trinajstić information content (AvgIpc) is 2.46. The van der Waals surface area contributed by atoms with Crippen molar-refractivity contribution >= 4 is 10.0 Å². The molecule has 0 aliphatic carbocycles. The molecule has 0 aromatic heterocycles. The van der Waals surface area contributed by atoms with Crippen molar-refractivity contribution in [3.63, 3.8) is 0 Å². The highest BCUT2D eigenvalue weighted by molar-refractivity contribution is 7.89. The highest BCUT2D eigenvalue weighted by Crippen LogP contribution is 2.19. The van der Waals surface area contributed by atoms with Crippen molar-refractivity contribution in [2.24, 2.45) is 0 Å². The third kappa shape index (κ3) is 5.09. The smallest absolute Gasteiger partial charge is 0.242 e. The molecule has 1 aromatic carbocycles. The van der Waals surface area contributed by atoms with Crippen LogP contribution in [-0.2, 0) is 16.6 Å². The van der Waals surface area contributed by atoms with E-state index in [9.17, 15) is 8.42 Å². The number of nitrogens with one attached hydrogen (secondary N) is 1. The van der Waals surface area contributed by atoms with Crippen LogP contribution >= 0.6 is 0 Å². The fraction of sp³-hybridized carbons (Fsp3) is 0.625. The maximum Gasteiger partial charge on any atom is 0.242 e. The number of hydrogen-bond acceptors (Lipinski definition) is 3. The Hall–Kier alpha value is -0.910. The van der Waals surface area contributed by atoms with Crippen LogP contribution in [0.1, 0.15) is 44.2 Å². The maximum atomic E-state index is 12.6. The summed E-state index contributed by atoms with van der Waals surface area (Å²) in [6.07, 6.45) is 3.05. The Morgan fingerprint density at radius 2 is 1.90 bits per heavy atom. The second kappa shape index (κ2) is 8.51. The van der Waals surface area contributed by atoms with Crippen LogP contribution in [0.4, 0.5) is 0 Å². The molecule has 1 rings (SSSR count). The fourth-order valence-corrected chi connectivity index (χ4v) is 3.40. The van der Waals surface area contributed by atoms with Gasteiger partial charge in [-0.1, -0.05) is 32.8 Å². The molecule has 0 fully saturated rings. The predicted octanol–water partition coefficient (Wildman–Crippen LogP) is 2.92. The first-order chi connectivity index (χ1) is 9.93. The van der Waals surface area contributed by atoms with Gasteiger partial charge in [-0.15, -0.1) is 0 Å². The van der Waals surface area contributed by atoms with Crippen LogP contribution in [0.25, 0.3) is 0 Å². The first-order valence-electron chi connectivity index (χ1n) is 7.70. The fourth-order valence-electron chi connectivity index (χ4n) is 2.14. The quantitative estimate of drug-likeness (QED) is 0.713. The molecule has 0 radical (unpaired) electrons. The number of aryl methyl sites for hydroxylation is 1. The number of sulfonamides is 1. The summed E-state index contributed by atoms with van der Waals surface area (Å²) >= 11 is 0. The van der Waals surface area contributed by atoms with Gasteiger partial charge in [0, 0.05) is 20.1 Å². The molecule has 0 unspecified atom stereocenters. The van der Waals surface area contributed by atoms with E-state index in [-0.39, 0.29) is 0 Å². The van der Waals surface area contributed by atoms with Gasteiger partial charge in [-0.2, -0.15) is 0 Å². The highest BCUT2D eigenvalue weighted by atomic mass is 32.2. The van der Waals surface area contributed by atoms with Crippen molar-refractivity contribution in [2.75, 3.05) is 20.1 Å². The normalized spacial score (nSPS) is 12.0. The number of hydrogen-bond donors (Lipinski definition) is 1. The minimum absolute atomic E-state index is 0.389. The summed E-state index contributed by atoms with van der Waals surface area (Å²) in [5.74, 6) is 0. The summed E-state index contributed by atoms with van der Waals surface area (Å²) in [7, 11) is -1.72. The summed E-state index contributed by atoms with van der Waals surface area (Å²) in [5.41, 5.74) is 2.16. The highest BCUT2D eigenvalue weighted by Gasteiger charge is 2.20. The Labute approximate surface area is 129 Å². The molecule has 0 heterocycles. The van der Waals surface area contributed by atoms with E-state index in [4.69, 9.17) is 0 Å². The molecular weight excluding hydrogens is 284 g/mol. The van der Waals surface area contributed by atoms with Crippen molar-refractivity contribution in [2.45, 2.75) is 51.5 Å². The number of unbranched alkanes of at least 4 members (excludes halogenated alkanes) is 2. The lowest BCUT2D eigenvalue weighted by molar-refractivity contribution is 0.454. The minimum Gasteiger partial charge on any atom is -0.313 e. The van der Waals surface area contributed by atoms with Gasteiger partial charge in [0.15, 0.2) is 0 Å².